The van der Waals surface area contributed by atoms with Crippen molar-refractivity contribution in [2.75, 3.05) is 0 Å². The van der Waals surface area contributed by atoms with Crippen molar-refractivity contribution in [3.8, 4) is 9.88 Å². The van der Waals surface area contributed by atoms with E-state index < -0.39 is 0 Å². The molecular formula is C12H15BrN2S2. The van der Waals surface area contributed by atoms with Crippen molar-refractivity contribution in [3.63, 3.8) is 0 Å². The molecule has 0 aromatic carbocycles. The van der Waals surface area contributed by atoms with E-state index in [9.17, 15) is 0 Å². The summed E-state index contributed by atoms with van der Waals surface area (Å²) in [5.74, 6) is 0.616. The number of hydrogen-bond acceptors (Lipinski definition) is 4. The summed E-state index contributed by atoms with van der Waals surface area (Å²) in [5, 5.41) is 1.09. The third kappa shape index (κ3) is 3.16. The lowest BCUT2D eigenvalue weighted by Gasteiger charge is -2.02. The Bertz CT molecular complexity index is 502. The Morgan fingerprint density at radius 1 is 1.35 bits per heavy atom. The van der Waals surface area contributed by atoms with Crippen molar-refractivity contribution in [2.45, 2.75) is 26.8 Å². The molecule has 0 radical (unpaired) electrons. The van der Waals surface area contributed by atoms with Crippen molar-refractivity contribution in [1.29, 1.82) is 0 Å². The summed E-state index contributed by atoms with van der Waals surface area (Å²) in [5.41, 5.74) is 6.96. The molecule has 92 valence electrons. The molecule has 0 atom stereocenters. The molecule has 2 heterocycles. The molecule has 0 saturated carbocycles. The molecule has 2 rings (SSSR count). The van der Waals surface area contributed by atoms with Crippen molar-refractivity contribution < 1.29 is 0 Å². The largest absolute Gasteiger partial charge is 0.326 e. The molecular weight excluding hydrogens is 316 g/mol. The second-order valence-corrected chi connectivity index (χ2v) is 7.84. The molecule has 5 heteroatoms. The van der Waals surface area contributed by atoms with Gasteiger partial charge in [-0.2, -0.15) is 0 Å². The van der Waals surface area contributed by atoms with Gasteiger partial charge in [0.1, 0.15) is 5.01 Å². The van der Waals surface area contributed by atoms with Crippen LogP contribution in [0.15, 0.2) is 15.9 Å². The van der Waals surface area contributed by atoms with E-state index >= 15 is 0 Å². The van der Waals surface area contributed by atoms with Crippen LogP contribution in [0.4, 0.5) is 0 Å². The molecule has 0 amide bonds. The molecule has 0 fully saturated rings. The van der Waals surface area contributed by atoms with Gasteiger partial charge in [-0.05, 0) is 40.4 Å². The standard InChI is InChI=1S/C12H15BrN2S2/c1-7(2)5-8-10(6-14)17-12(15-8)9-3-4-11(13)16-9/h3-4,7H,5-6,14H2,1-2H3. The topological polar surface area (TPSA) is 38.9 Å². The van der Waals surface area contributed by atoms with Gasteiger partial charge in [-0.15, -0.1) is 22.7 Å². The molecule has 2 N–H and O–H groups in total. The fourth-order valence-electron chi connectivity index (χ4n) is 1.62. The van der Waals surface area contributed by atoms with E-state index in [1.54, 1.807) is 22.7 Å². The number of nitrogens with zero attached hydrogens (tertiary/aromatic N) is 1. The van der Waals surface area contributed by atoms with E-state index in [1.165, 1.54) is 15.4 Å². The Morgan fingerprint density at radius 3 is 2.65 bits per heavy atom. The van der Waals surface area contributed by atoms with Crippen LogP contribution in [0.3, 0.4) is 0 Å². The minimum atomic E-state index is 0.590. The Morgan fingerprint density at radius 2 is 2.12 bits per heavy atom. The third-order valence-corrected chi connectivity index (χ3v) is 5.26. The molecule has 0 aliphatic heterocycles. The molecule has 0 unspecified atom stereocenters. The number of hydrogen-bond donors (Lipinski definition) is 1. The predicted octanol–water partition coefficient (Wildman–Crippen LogP) is 4.29. The number of aromatic nitrogens is 1. The van der Waals surface area contributed by atoms with E-state index in [-0.39, 0.29) is 0 Å². The summed E-state index contributed by atoms with van der Waals surface area (Å²) < 4.78 is 1.14. The molecule has 0 saturated heterocycles. The first-order valence-electron chi connectivity index (χ1n) is 5.54. The number of thiazole rings is 1. The Hall–Kier alpha value is -0.230. The molecule has 0 bridgehead atoms. The van der Waals surface area contributed by atoms with Gasteiger partial charge in [-0.25, -0.2) is 4.98 Å². The van der Waals surface area contributed by atoms with Crippen LogP contribution in [0.25, 0.3) is 9.88 Å². The molecule has 0 spiro atoms. The van der Waals surface area contributed by atoms with Crippen molar-refractivity contribution in [3.05, 3.63) is 26.5 Å². The molecule has 17 heavy (non-hydrogen) atoms. The highest BCUT2D eigenvalue weighted by Gasteiger charge is 2.13. The van der Waals surface area contributed by atoms with Gasteiger partial charge in [0.05, 0.1) is 14.4 Å². The zero-order valence-corrected chi connectivity index (χ0v) is 13.1. The molecule has 2 aromatic heterocycles. The molecule has 2 nitrogen and oxygen atoms in total. The van der Waals surface area contributed by atoms with Crippen molar-refractivity contribution in [2.24, 2.45) is 11.7 Å². The van der Waals surface area contributed by atoms with Crippen LogP contribution in [-0.4, -0.2) is 4.98 Å². The van der Waals surface area contributed by atoms with Gasteiger partial charge in [0.2, 0.25) is 0 Å². The average Bonchev–Trinajstić information content (AvgIpc) is 2.83. The van der Waals surface area contributed by atoms with Gasteiger partial charge in [0.25, 0.3) is 0 Å². The number of rotatable bonds is 4. The first-order valence-corrected chi connectivity index (χ1v) is 7.97. The summed E-state index contributed by atoms with van der Waals surface area (Å²) in [6, 6.07) is 4.17. The van der Waals surface area contributed by atoms with Crippen LogP contribution >= 0.6 is 38.6 Å². The lowest BCUT2D eigenvalue weighted by atomic mass is 10.1. The SMILES string of the molecule is CC(C)Cc1nc(-c2ccc(Br)s2)sc1CN. The fourth-order valence-corrected chi connectivity index (χ4v) is 4.03. The highest BCUT2D eigenvalue weighted by molar-refractivity contribution is 9.11. The third-order valence-electron chi connectivity index (χ3n) is 2.35. The van der Waals surface area contributed by atoms with Gasteiger partial charge in [-0.1, -0.05) is 13.8 Å². The molecule has 0 aliphatic carbocycles. The highest BCUT2D eigenvalue weighted by atomic mass is 79.9. The number of nitrogens with two attached hydrogens (primary N) is 1. The summed E-state index contributed by atoms with van der Waals surface area (Å²) >= 11 is 6.92. The lowest BCUT2D eigenvalue weighted by Crippen LogP contribution is -2.01. The van der Waals surface area contributed by atoms with Crippen LogP contribution in [0.5, 0.6) is 0 Å². The number of halogens is 1. The second kappa shape index (κ2) is 5.61. The highest BCUT2D eigenvalue weighted by Crippen LogP contribution is 2.35. The van der Waals surface area contributed by atoms with Crippen molar-refractivity contribution in [1.82, 2.24) is 4.98 Å². The van der Waals surface area contributed by atoms with Gasteiger partial charge < -0.3 is 5.73 Å². The van der Waals surface area contributed by atoms with E-state index in [1.807, 2.05) is 0 Å². The van der Waals surface area contributed by atoms with Gasteiger partial charge >= 0.3 is 0 Å². The van der Waals surface area contributed by atoms with E-state index in [4.69, 9.17) is 10.7 Å². The average molecular weight is 331 g/mol. The quantitative estimate of drug-likeness (QED) is 0.908. The summed E-state index contributed by atoms with van der Waals surface area (Å²) in [6.07, 6.45) is 1.01. The van der Waals surface area contributed by atoms with E-state index in [0.29, 0.717) is 12.5 Å². The minimum absolute atomic E-state index is 0.590. The van der Waals surface area contributed by atoms with Crippen LogP contribution in [0, 0.1) is 5.92 Å². The smallest absolute Gasteiger partial charge is 0.133 e. The molecule has 2 aromatic rings. The van der Waals surface area contributed by atoms with Gasteiger partial charge in [0, 0.05) is 11.4 Å². The van der Waals surface area contributed by atoms with E-state index in [2.05, 4.69) is 41.9 Å². The van der Waals surface area contributed by atoms with Crippen LogP contribution in [0.1, 0.15) is 24.4 Å². The first-order chi connectivity index (χ1) is 8.10. The predicted molar refractivity (Wildman–Crippen MR) is 79.6 cm³/mol. The maximum atomic E-state index is 5.79. The first kappa shape index (κ1) is 13.2. The minimum Gasteiger partial charge on any atom is -0.326 e. The normalized spacial score (nSPS) is 11.4. The van der Waals surface area contributed by atoms with Crippen molar-refractivity contribution >= 4 is 38.6 Å². The van der Waals surface area contributed by atoms with Crippen LogP contribution < -0.4 is 5.73 Å². The summed E-state index contributed by atoms with van der Waals surface area (Å²) in [4.78, 5) is 7.17. The monoisotopic (exact) mass is 330 g/mol. The Balaban J connectivity index is 2.33. The van der Waals surface area contributed by atoms with Gasteiger partial charge in [0.15, 0.2) is 0 Å². The van der Waals surface area contributed by atoms with Crippen LogP contribution in [0.2, 0.25) is 0 Å². The Labute approximate surface area is 118 Å². The molecule has 0 aliphatic rings. The second-order valence-electron chi connectivity index (χ2n) is 4.29. The lowest BCUT2D eigenvalue weighted by molar-refractivity contribution is 0.634. The maximum Gasteiger partial charge on any atom is 0.133 e. The summed E-state index contributed by atoms with van der Waals surface area (Å²) in [7, 11) is 0. The summed E-state index contributed by atoms with van der Waals surface area (Å²) in [6.45, 7) is 5.01. The zero-order valence-electron chi connectivity index (χ0n) is 9.87. The zero-order chi connectivity index (χ0) is 12.4. The Kier molecular flexibility index (Phi) is 4.36. The van der Waals surface area contributed by atoms with Gasteiger partial charge in [-0.3, -0.25) is 0 Å². The fraction of sp³-hybridized carbons (Fsp3) is 0.417. The number of thiophene rings is 1. The maximum absolute atomic E-state index is 5.79. The van der Waals surface area contributed by atoms with E-state index in [0.717, 1.165) is 15.2 Å². The van der Waals surface area contributed by atoms with Crippen LogP contribution in [-0.2, 0) is 13.0 Å².